The monoisotopic (exact) mass is 375 g/mol. The van der Waals surface area contributed by atoms with Gasteiger partial charge in [-0.2, -0.15) is 0 Å². The van der Waals surface area contributed by atoms with Gasteiger partial charge in [0.2, 0.25) is 10.0 Å². The van der Waals surface area contributed by atoms with Crippen LogP contribution < -0.4 is 4.72 Å². The van der Waals surface area contributed by atoms with Crippen LogP contribution in [0.3, 0.4) is 0 Å². The van der Waals surface area contributed by atoms with Crippen LogP contribution in [0.1, 0.15) is 16.1 Å². The standard InChI is InChI=1S/C16H13N3O4S2/c20-16(21)11-3-5-14(6-4-11)25(22,23)18-9-13-10-24-15(19-13)12-2-1-7-17-8-12/h1-8,10,18H,9H2,(H,20,21). The van der Waals surface area contributed by atoms with Gasteiger partial charge in [0, 0.05) is 23.3 Å². The topological polar surface area (TPSA) is 109 Å². The predicted molar refractivity (Wildman–Crippen MR) is 92.8 cm³/mol. The Hall–Kier alpha value is -2.62. The smallest absolute Gasteiger partial charge is 0.335 e. The first-order valence-electron chi connectivity index (χ1n) is 7.13. The van der Waals surface area contributed by atoms with Gasteiger partial charge in [0.25, 0.3) is 0 Å². The summed E-state index contributed by atoms with van der Waals surface area (Å²) in [7, 11) is -3.75. The molecule has 7 nitrogen and oxygen atoms in total. The summed E-state index contributed by atoms with van der Waals surface area (Å²) in [5.74, 6) is -1.11. The summed E-state index contributed by atoms with van der Waals surface area (Å²) in [5.41, 5.74) is 1.49. The van der Waals surface area contributed by atoms with Crippen molar-refractivity contribution >= 4 is 27.3 Å². The summed E-state index contributed by atoms with van der Waals surface area (Å²) >= 11 is 1.40. The Labute approximate surface area is 148 Å². The van der Waals surface area contributed by atoms with E-state index in [0.29, 0.717) is 5.69 Å². The molecule has 0 radical (unpaired) electrons. The van der Waals surface area contributed by atoms with E-state index in [0.717, 1.165) is 10.6 Å². The highest BCUT2D eigenvalue weighted by Gasteiger charge is 2.15. The minimum atomic E-state index is -3.75. The largest absolute Gasteiger partial charge is 0.478 e. The van der Waals surface area contributed by atoms with E-state index in [1.54, 1.807) is 23.8 Å². The molecule has 0 saturated carbocycles. The number of carboxylic acids is 1. The summed E-state index contributed by atoms with van der Waals surface area (Å²) in [6, 6.07) is 8.70. The van der Waals surface area contributed by atoms with Crippen LogP contribution in [0.4, 0.5) is 0 Å². The molecule has 3 rings (SSSR count). The van der Waals surface area contributed by atoms with Crippen molar-refractivity contribution in [2.75, 3.05) is 0 Å². The first kappa shape index (κ1) is 17.2. The molecule has 9 heteroatoms. The summed E-state index contributed by atoms with van der Waals surface area (Å²) in [6.45, 7) is 0.0414. The zero-order valence-electron chi connectivity index (χ0n) is 12.8. The molecule has 0 bridgehead atoms. The molecule has 1 aromatic carbocycles. The van der Waals surface area contributed by atoms with Crippen LogP contribution in [0.2, 0.25) is 0 Å². The van der Waals surface area contributed by atoms with Gasteiger partial charge in [0.15, 0.2) is 0 Å². The van der Waals surface area contributed by atoms with Crippen molar-refractivity contribution < 1.29 is 18.3 Å². The van der Waals surface area contributed by atoms with Crippen molar-refractivity contribution in [2.45, 2.75) is 11.4 Å². The van der Waals surface area contributed by atoms with Crippen molar-refractivity contribution in [3.8, 4) is 10.6 Å². The van der Waals surface area contributed by atoms with Gasteiger partial charge < -0.3 is 5.11 Å². The van der Waals surface area contributed by atoms with Crippen molar-refractivity contribution in [1.82, 2.24) is 14.7 Å². The molecule has 25 heavy (non-hydrogen) atoms. The van der Waals surface area contributed by atoms with Crippen molar-refractivity contribution in [3.63, 3.8) is 0 Å². The molecule has 0 aliphatic rings. The predicted octanol–water partition coefficient (Wildman–Crippen LogP) is 2.38. The maximum atomic E-state index is 12.3. The van der Waals surface area contributed by atoms with Crippen LogP contribution in [0.5, 0.6) is 0 Å². The number of nitrogens with zero attached hydrogens (tertiary/aromatic N) is 2. The zero-order valence-corrected chi connectivity index (χ0v) is 14.4. The fraction of sp³-hybridized carbons (Fsp3) is 0.0625. The number of carbonyl (C=O) groups is 1. The van der Waals surface area contributed by atoms with E-state index >= 15 is 0 Å². The second-order valence-corrected chi connectivity index (χ2v) is 7.66. The molecule has 0 atom stereocenters. The Morgan fingerprint density at radius 2 is 1.96 bits per heavy atom. The molecule has 0 aliphatic carbocycles. The Balaban J connectivity index is 1.70. The lowest BCUT2D eigenvalue weighted by atomic mass is 10.2. The van der Waals surface area contributed by atoms with Crippen LogP contribution in [0.15, 0.2) is 59.1 Å². The van der Waals surface area contributed by atoms with Gasteiger partial charge in [0.1, 0.15) is 5.01 Å². The second-order valence-electron chi connectivity index (χ2n) is 5.04. The number of hydrogen-bond donors (Lipinski definition) is 2. The SMILES string of the molecule is O=C(O)c1ccc(S(=O)(=O)NCc2csc(-c3cccnc3)n2)cc1. The number of benzene rings is 1. The number of aromatic carboxylic acids is 1. The molecular formula is C16H13N3O4S2. The summed E-state index contributed by atoms with van der Waals surface area (Å²) in [6.07, 6.45) is 3.36. The number of nitrogens with one attached hydrogen (secondary N) is 1. The van der Waals surface area contributed by atoms with E-state index in [1.165, 1.54) is 35.6 Å². The van der Waals surface area contributed by atoms with Gasteiger partial charge in [-0.05, 0) is 36.4 Å². The number of rotatable bonds is 6. The minimum Gasteiger partial charge on any atom is -0.478 e. The van der Waals surface area contributed by atoms with Crippen LogP contribution in [-0.4, -0.2) is 29.5 Å². The lowest BCUT2D eigenvalue weighted by Gasteiger charge is -2.05. The Morgan fingerprint density at radius 1 is 1.20 bits per heavy atom. The van der Waals surface area contributed by atoms with E-state index in [2.05, 4.69) is 14.7 Å². The first-order chi connectivity index (χ1) is 12.0. The summed E-state index contributed by atoms with van der Waals surface area (Å²) < 4.78 is 27.0. The van der Waals surface area contributed by atoms with Gasteiger partial charge in [-0.15, -0.1) is 11.3 Å². The molecule has 2 heterocycles. The lowest BCUT2D eigenvalue weighted by molar-refractivity contribution is 0.0696. The molecule has 0 saturated heterocycles. The van der Waals surface area contributed by atoms with Crippen LogP contribution in [0, 0.1) is 0 Å². The third-order valence-corrected chi connectivity index (χ3v) is 5.67. The fourth-order valence-electron chi connectivity index (χ4n) is 2.04. The Kier molecular flexibility index (Phi) is 4.88. The molecule has 2 aromatic heterocycles. The van der Waals surface area contributed by atoms with Crippen molar-refractivity contribution in [2.24, 2.45) is 0 Å². The Bertz CT molecular complexity index is 984. The molecule has 0 unspecified atom stereocenters. The number of carboxylic acid groups (broad SMARTS) is 1. The van der Waals surface area contributed by atoms with Gasteiger partial charge in [-0.25, -0.2) is 22.9 Å². The maximum absolute atomic E-state index is 12.3. The van der Waals surface area contributed by atoms with E-state index < -0.39 is 16.0 Å². The maximum Gasteiger partial charge on any atom is 0.335 e. The summed E-state index contributed by atoms with van der Waals surface area (Å²) in [5, 5.41) is 11.4. The lowest BCUT2D eigenvalue weighted by Crippen LogP contribution is -2.23. The van der Waals surface area contributed by atoms with Gasteiger partial charge in [0.05, 0.1) is 22.7 Å². The average molecular weight is 375 g/mol. The molecular weight excluding hydrogens is 362 g/mol. The van der Waals surface area contributed by atoms with Crippen molar-refractivity contribution in [3.05, 3.63) is 65.4 Å². The molecule has 0 spiro atoms. The number of hydrogen-bond acceptors (Lipinski definition) is 6. The Morgan fingerprint density at radius 3 is 2.60 bits per heavy atom. The van der Waals surface area contributed by atoms with E-state index in [-0.39, 0.29) is 17.0 Å². The van der Waals surface area contributed by atoms with Crippen LogP contribution >= 0.6 is 11.3 Å². The third kappa shape index (κ3) is 4.08. The van der Waals surface area contributed by atoms with Crippen LogP contribution in [0.25, 0.3) is 10.6 Å². The quantitative estimate of drug-likeness (QED) is 0.685. The first-order valence-corrected chi connectivity index (χ1v) is 9.50. The molecule has 2 N–H and O–H groups in total. The number of sulfonamides is 1. The van der Waals surface area contributed by atoms with Gasteiger partial charge in [-0.3, -0.25) is 4.98 Å². The van der Waals surface area contributed by atoms with E-state index in [4.69, 9.17) is 5.11 Å². The third-order valence-electron chi connectivity index (χ3n) is 3.32. The summed E-state index contributed by atoms with van der Waals surface area (Å²) in [4.78, 5) is 19.2. The van der Waals surface area contributed by atoms with E-state index in [1.807, 2.05) is 6.07 Å². The number of thiazole rings is 1. The minimum absolute atomic E-state index is 0.000197. The van der Waals surface area contributed by atoms with Crippen molar-refractivity contribution in [1.29, 1.82) is 0 Å². The average Bonchev–Trinajstić information content (AvgIpc) is 3.10. The van der Waals surface area contributed by atoms with E-state index in [9.17, 15) is 13.2 Å². The van der Waals surface area contributed by atoms with Gasteiger partial charge in [-0.1, -0.05) is 0 Å². The fourth-order valence-corrected chi connectivity index (χ4v) is 3.85. The highest BCUT2D eigenvalue weighted by Crippen LogP contribution is 2.22. The molecule has 0 fully saturated rings. The molecule has 0 aliphatic heterocycles. The number of aromatic nitrogens is 2. The zero-order chi connectivity index (χ0) is 17.9. The molecule has 0 amide bonds. The molecule has 3 aromatic rings. The van der Waals surface area contributed by atoms with Gasteiger partial charge >= 0.3 is 5.97 Å². The van der Waals surface area contributed by atoms with Crippen LogP contribution in [-0.2, 0) is 16.6 Å². The normalized spacial score (nSPS) is 11.4. The number of pyridine rings is 1. The molecule has 128 valence electrons. The highest BCUT2D eigenvalue weighted by atomic mass is 32.2. The highest BCUT2D eigenvalue weighted by molar-refractivity contribution is 7.89. The second kappa shape index (κ2) is 7.09.